The van der Waals surface area contributed by atoms with Gasteiger partial charge in [0, 0.05) is 18.2 Å². The Morgan fingerprint density at radius 2 is 1.63 bits per heavy atom. The van der Waals surface area contributed by atoms with Gasteiger partial charge in [-0.25, -0.2) is 4.68 Å². The van der Waals surface area contributed by atoms with Crippen molar-refractivity contribution in [2.75, 3.05) is 6.54 Å². The van der Waals surface area contributed by atoms with Gasteiger partial charge in [-0.05, 0) is 48.3 Å². The second-order valence-corrected chi connectivity index (χ2v) is 10.2. The first-order valence-corrected chi connectivity index (χ1v) is 10.9. The molecule has 5 rings (SSSR count). The smallest absolute Gasteiger partial charge is 0.272 e. The molecule has 2 atom stereocenters. The summed E-state index contributed by atoms with van der Waals surface area (Å²) in [6, 6.07) is 22.3. The van der Waals surface area contributed by atoms with Crippen LogP contribution in [0.25, 0.3) is 16.9 Å². The van der Waals surface area contributed by atoms with Crippen LogP contribution in [0.15, 0.2) is 66.7 Å². The van der Waals surface area contributed by atoms with Crippen LogP contribution in [0.5, 0.6) is 0 Å². The second-order valence-electron chi connectivity index (χ2n) is 10.2. The highest BCUT2D eigenvalue weighted by Gasteiger charge is 2.51. The van der Waals surface area contributed by atoms with Crippen molar-refractivity contribution in [2.24, 2.45) is 10.8 Å². The monoisotopic (exact) mass is 399 g/mol. The van der Waals surface area contributed by atoms with Gasteiger partial charge in [0.2, 0.25) is 0 Å². The number of fused-ring (bicyclic) bond motifs is 2. The Bertz CT molecular complexity index is 1070. The number of carbonyl (C=O) groups is 1. The molecule has 2 fully saturated rings. The lowest BCUT2D eigenvalue weighted by Crippen LogP contribution is -2.38. The summed E-state index contributed by atoms with van der Waals surface area (Å²) in [5, 5.41) is 4.84. The fourth-order valence-electron chi connectivity index (χ4n) is 5.89. The maximum atomic E-state index is 13.8. The first kappa shape index (κ1) is 19.1. The molecule has 1 aliphatic carbocycles. The molecule has 1 saturated carbocycles. The van der Waals surface area contributed by atoms with Crippen molar-refractivity contribution in [3.8, 4) is 16.9 Å². The Kier molecular flexibility index (Phi) is 4.35. The van der Waals surface area contributed by atoms with E-state index in [9.17, 15) is 4.79 Å². The molecule has 1 amide bonds. The third-order valence-corrected chi connectivity index (χ3v) is 6.67. The number of benzene rings is 2. The highest BCUT2D eigenvalue weighted by molar-refractivity contribution is 5.95. The summed E-state index contributed by atoms with van der Waals surface area (Å²) in [5.74, 6) is 0.0972. The molecule has 1 saturated heterocycles. The van der Waals surface area contributed by atoms with Crippen molar-refractivity contribution in [1.29, 1.82) is 0 Å². The number of carbonyl (C=O) groups excluding carboxylic acids is 1. The molecule has 0 N–H and O–H groups in total. The molecule has 30 heavy (non-hydrogen) atoms. The number of amides is 1. The number of aromatic nitrogens is 2. The van der Waals surface area contributed by atoms with Crippen LogP contribution >= 0.6 is 0 Å². The zero-order valence-corrected chi connectivity index (χ0v) is 18.0. The molecule has 2 aliphatic rings. The van der Waals surface area contributed by atoms with Crippen LogP contribution in [-0.2, 0) is 0 Å². The normalized spacial score (nSPS) is 24.8. The number of hydrogen-bond donors (Lipinski definition) is 0. The quantitative estimate of drug-likeness (QED) is 0.577. The van der Waals surface area contributed by atoms with Gasteiger partial charge < -0.3 is 4.90 Å². The fraction of sp³-hybridized carbons (Fsp3) is 0.385. The molecule has 154 valence electrons. The summed E-state index contributed by atoms with van der Waals surface area (Å²) in [5.41, 5.74) is 3.90. The lowest BCUT2D eigenvalue weighted by Gasteiger charge is -2.39. The molecule has 2 unspecified atom stereocenters. The first-order valence-electron chi connectivity index (χ1n) is 10.9. The summed E-state index contributed by atoms with van der Waals surface area (Å²) in [6.07, 6.45) is 3.35. The van der Waals surface area contributed by atoms with E-state index in [1.165, 1.54) is 6.42 Å². The lowest BCUT2D eigenvalue weighted by atomic mass is 9.65. The molecule has 2 aromatic carbocycles. The van der Waals surface area contributed by atoms with Crippen LogP contribution in [0.2, 0.25) is 0 Å². The maximum Gasteiger partial charge on any atom is 0.272 e. The summed E-state index contributed by atoms with van der Waals surface area (Å²) in [7, 11) is 0. The van der Waals surface area contributed by atoms with E-state index >= 15 is 0 Å². The molecule has 4 nitrogen and oxygen atoms in total. The van der Waals surface area contributed by atoms with Crippen LogP contribution in [0.4, 0.5) is 0 Å². The van der Waals surface area contributed by atoms with E-state index in [2.05, 4.69) is 25.7 Å². The van der Waals surface area contributed by atoms with Gasteiger partial charge in [-0.3, -0.25) is 4.79 Å². The molecule has 0 spiro atoms. The molecular formula is C26H29N3O. The number of likely N-dealkylation sites (tertiary alicyclic amines) is 1. The Morgan fingerprint density at radius 1 is 0.967 bits per heavy atom. The van der Waals surface area contributed by atoms with Gasteiger partial charge >= 0.3 is 0 Å². The summed E-state index contributed by atoms with van der Waals surface area (Å²) >= 11 is 0. The zero-order chi connectivity index (χ0) is 20.9. The molecule has 2 bridgehead atoms. The van der Waals surface area contributed by atoms with Crippen molar-refractivity contribution in [1.82, 2.24) is 14.7 Å². The van der Waals surface area contributed by atoms with Gasteiger partial charge in [0.05, 0.1) is 11.4 Å². The predicted molar refractivity (Wildman–Crippen MR) is 120 cm³/mol. The Hall–Kier alpha value is -2.88. The van der Waals surface area contributed by atoms with Gasteiger partial charge in [-0.15, -0.1) is 0 Å². The summed E-state index contributed by atoms with van der Waals surface area (Å²) < 4.78 is 1.82. The maximum absolute atomic E-state index is 13.8. The fourth-order valence-corrected chi connectivity index (χ4v) is 5.89. The van der Waals surface area contributed by atoms with E-state index in [-0.39, 0.29) is 16.7 Å². The number of nitrogens with zero attached hydrogens (tertiary/aromatic N) is 3. The number of rotatable bonds is 3. The standard InChI is InChI=1S/C26H29N3O/c1-25(2)15-21-16-26(3,17-25)18-28(21)24(30)23-14-22(19-10-6-4-7-11-19)27-29(23)20-12-8-5-9-13-20/h4-14,21H,15-18H2,1-3H3. The van der Waals surface area contributed by atoms with Crippen molar-refractivity contribution >= 4 is 5.91 Å². The van der Waals surface area contributed by atoms with E-state index in [0.29, 0.717) is 11.7 Å². The molecule has 1 aromatic heterocycles. The average molecular weight is 400 g/mol. The molecule has 2 heterocycles. The van der Waals surface area contributed by atoms with Crippen molar-refractivity contribution in [2.45, 2.75) is 46.1 Å². The van der Waals surface area contributed by atoms with Gasteiger partial charge in [-0.2, -0.15) is 5.10 Å². The van der Waals surface area contributed by atoms with E-state index < -0.39 is 0 Å². The topological polar surface area (TPSA) is 38.1 Å². The van der Waals surface area contributed by atoms with Crippen molar-refractivity contribution in [3.63, 3.8) is 0 Å². The Labute approximate surface area is 178 Å². The van der Waals surface area contributed by atoms with E-state index in [0.717, 1.165) is 36.3 Å². The minimum absolute atomic E-state index is 0.0972. The third kappa shape index (κ3) is 3.34. The second kappa shape index (κ2) is 6.83. The largest absolute Gasteiger partial charge is 0.334 e. The lowest BCUT2D eigenvalue weighted by molar-refractivity contribution is 0.0699. The third-order valence-electron chi connectivity index (χ3n) is 6.67. The van der Waals surface area contributed by atoms with Crippen LogP contribution in [-0.4, -0.2) is 33.2 Å². The van der Waals surface area contributed by atoms with Crippen LogP contribution in [0, 0.1) is 10.8 Å². The van der Waals surface area contributed by atoms with Gasteiger partial charge in [0.15, 0.2) is 0 Å². The average Bonchev–Trinajstić information content (AvgIpc) is 3.27. The van der Waals surface area contributed by atoms with Crippen molar-refractivity contribution < 1.29 is 4.79 Å². The molecular weight excluding hydrogens is 370 g/mol. The Morgan fingerprint density at radius 3 is 2.33 bits per heavy atom. The minimum Gasteiger partial charge on any atom is -0.334 e. The van der Waals surface area contributed by atoms with E-state index in [1.807, 2.05) is 71.4 Å². The zero-order valence-electron chi connectivity index (χ0n) is 18.0. The van der Waals surface area contributed by atoms with Gasteiger partial charge in [-0.1, -0.05) is 69.3 Å². The van der Waals surface area contributed by atoms with Gasteiger partial charge in [0.25, 0.3) is 5.91 Å². The Balaban J connectivity index is 1.57. The summed E-state index contributed by atoms with van der Waals surface area (Å²) in [6.45, 7) is 7.86. The molecule has 1 aliphatic heterocycles. The van der Waals surface area contributed by atoms with E-state index in [4.69, 9.17) is 5.10 Å². The SMILES string of the molecule is CC1(C)CC2CC(C)(CN2C(=O)c2cc(-c3ccccc3)nn2-c2ccccc2)C1. The minimum atomic E-state index is 0.0972. The van der Waals surface area contributed by atoms with Crippen LogP contribution in [0.3, 0.4) is 0 Å². The first-order chi connectivity index (χ1) is 14.3. The molecule has 0 radical (unpaired) electrons. The van der Waals surface area contributed by atoms with Crippen LogP contribution in [0.1, 0.15) is 50.5 Å². The van der Waals surface area contributed by atoms with E-state index in [1.54, 1.807) is 0 Å². The predicted octanol–water partition coefficient (Wildman–Crippen LogP) is 5.58. The number of para-hydroxylation sites is 1. The molecule has 4 heteroatoms. The van der Waals surface area contributed by atoms with Gasteiger partial charge in [0.1, 0.15) is 5.69 Å². The summed E-state index contributed by atoms with van der Waals surface area (Å²) in [4.78, 5) is 16.0. The molecule has 3 aromatic rings. The van der Waals surface area contributed by atoms with Crippen LogP contribution < -0.4 is 0 Å². The highest BCUT2D eigenvalue weighted by atomic mass is 16.2. The highest BCUT2D eigenvalue weighted by Crippen LogP contribution is 2.52. The van der Waals surface area contributed by atoms with Crippen molar-refractivity contribution in [3.05, 3.63) is 72.4 Å². The number of hydrogen-bond acceptors (Lipinski definition) is 2.